The summed E-state index contributed by atoms with van der Waals surface area (Å²) < 4.78 is 29.7. The van der Waals surface area contributed by atoms with Gasteiger partial charge in [-0.15, -0.1) is 4.36 Å². The van der Waals surface area contributed by atoms with Gasteiger partial charge in [-0.2, -0.15) is 5.10 Å². The van der Waals surface area contributed by atoms with Crippen LogP contribution >= 0.6 is 0 Å². The van der Waals surface area contributed by atoms with Gasteiger partial charge < -0.3 is 14.8 Å². The number of ether oxygens (including phenoxy) is 2. The van der Waals surface area contributed by atoms with Crippen LogP contribution < -0.4 is 15.2 Å². The van der Waals surface area contributed by atoms with E-state index in [0.29, 0.717) is 19.0 Å². The lowest BCUT2D eigenvalue weighted by atomic mass is 9.94. The summed E-state index contributed by atoms with van der Waals surface area (Å²) in [4.78, 5) is 13.1. The summed E-state index contributed by atoms with van der Waals surface area (Å²) in [7, 11) is -1.82. The molecule has 1 aromatic heterocycles. The summed E-state index contributed by atoms with van der Waals surface area (Å²) >= 11 is 0. The minimum Gasteiger partial charge on any atom is -0.472 e. The smallest absolute Gasteiger partial charge is 0.354 e. The molecule has 0 unspecified atom stereocenters. The number of benzene rings is 1. The van der Waals surface area contributed by atoms with Gasteiger partial charge in [0.25, 0.3) is 0 Å². The summed E-state index contributed by atoms with van der Waals surface area (Å²) in [6.45, 7) is 3.02. The summed E-state index contributed by atoms with van der Waals surface area (Å²) in [6.07, 6.45) is 6.17. The number of urea groups is 1. The Kier molecular flexibility index (Phi) is 5.03. The van der Waals surface area contributed by atoms with Gasteiger partial charge >= 0.3 is 6.03 Å². The largest absolute Gasteiger partial charge is 0.472 e. The molecule has 0 saturated carbocycles. The first kappa shape index (κ1) is 20.5. The van der Waals surface area contributed by atoms with Gasteiger partial charge in [0.2, 0.25) is 5.88 Å². The van der Waals surface area contributed by atoms with E-state index in [4.69, 9.17) is 14.6 Å². The number of anilines is 1. The van der Waals surface area contributed by atoms with Crippen molar-refractivity contribution in [2.75, 3.05) is 19.0 Å². The van der Waals surface area contributed by atoms with Crippen LogP contribution in [0.1, 0.15) is 47.9 Å². The summed E-state index contributed by atoms with van der Waals surface area (Å²) in [5.41, 5.74) is 5.61. The molecule has 31 heavy (non-hydrogen) atoms. The fraction of sp³-hybridized carbons (Fsp3) is 0.524. The van der Waals surface area contributed by atoms with Gasteiger partial charge in [-0.05, 0) is 61.3 Å². The third-order valence-electron chi connectivity index (χ3n) is 6.33. The number of nitrogens with one attached hydrogen (secondary N) is 1. The third-order valence-corrected chi connectivity index (χ3v) is 7.68. The van der Waals surface area contributed by atoms with Gasteiger partial charge in [-0.1, -0.05) is 6.07 Å². The summed E-state index contributed by atoms with van der Waals surface area (Å²) in [5, 5.41) is 13.1. The van der Waals surface area contributed by atoms with Crippen LogP contribution in [-0.2, 0) is 40.5 Å². The highest BCUT2D eigenvalue weighted by atomic mass is 32.2. The number of aryl methyl sites for hydroxylation is 2. The molecular formula is C21H27N5O4S. The van der Waals surface area contributed by atoms with Gasteiger partial charge in [-0.25, -0.2) is 18.8 Å². The molecule has 2 aromatic rings. The van der Waals surface area contributed by atoms with Crippen LogP contribution in [-0.4, -0.2) is 39.8 Å². The van der Waals surface area contributed by atoms with Crippen molar-refractivity contribution in [3.8, 4) is 5.88 Å². The number of hydrogen-bond donors (Lipinski definition) is 2. The Bertz CT molecular complexity index is 1180. The van der Waals surface area contributed by atoms with Gasteiger partial charge in [0.1, 0.15) is 11.0 Å². The number of hydrogen-bond acceptors (Lipinski definition) is 5. The minimum atomic E-state index is -3.51. The molecule has 2 aliphatic carbocycles. The topological polar surface area (TPSA) is 121 Å². The van der Waals surface area contributed by atoms with Crippen molar-refractivity contribution in [3.05, 3.63) is 34.5 Å². The van der Waals surface area contributed by atoms with Crippen molar-refractivity contribution in [1.82, 2.24) is 9.78 Å². The van der Waals surface area contributed by atoms with Crippen molar-refractivity contribution in [2.45, 2.75) is 62.5 Å². The minimum absolute atomic E-state index is 0.0984. The highest BCUT2D eigenvalue weighted by Crippen LogP contribution is 2.44. The van der Waals surface area contributed by atoms with E-state index in [9.17, 15) is 9.00 Å². The standard InChI is InChI=1S/C21H27N5O4S/c1-12-10-26-20(30-12)17(9-23-26)31(22,28)25-21(27)24-19-16-5-3-4-13(16)8-14-6-7-15(11-29-2)18(14)19/h8-9,12,15H,3-7,10-11H2,1-2H3,(H3,22,24,25,27,28)/t12-,15-,31+/m0/s1. The average Bonchev–Trinajstić information content (AvgIpc) is 3.45. The molecule has 3 atom stereocenters. The van der Waals surface area contributed by atoms with Gasteiger partial charge in [-0.3, -0.25) is 0 Å². The van der Waals surface area contributed by atoms with E-state index in [0.717, 1.165) is 48.9 Å². The average molecular weight is 446 g/mol. The first-order chi connectivity index (χ1) is 14.9. The second-order valence-corrected chi connectivity index (χ2v) is 10.3. The number of fused-ring (bicyclic) bond motifs is 3. The maximum atomic E-state index is 13.1. The fourth-order valence-electron chi connectivity index (χ4n) is 5.06. The predicted molar refractivity (Wildman–Crippen MR) is 116 cm³/mol. The molecule has 3 N–H and O–H groups in total. The van der Waals surface area contributed by atoms with E-state index in [1.165, 1.54) is 17.3 Å². The molecule has 10 heteroatoms. The van der Waals surface area contributed by atoms with Gasteiger partial charge in [0.05, 0.1) is 19.3 Å². The second-order valence-electron chi connectivity index (χ2n) is 8.52. The number of methoxy groups -OCH3 is 1. The lowest BCUT2D eigenvalue weighted by molar-refractivity contribution is 0.179. The highest BCUT2D eigenvalue weighted by Gasteiger charge is 2.32. The molecule has 0 saturated heterocycles. The van der Waals surface area contributed by atoms with Crippen molar-refractivity contribution in [1.29, 1.82) is 0 Å². The molecule has 0 spiro atoms. The number of aromatic nitrogens is 2. The van der Waals surface area contributed by atoms with Crippen molar-refractivity contribution >= 4 is 21.6 Å². The fourth-order valence-corrected chi connectivity index (χ4v) is 6.05. The molecule has 0 bridgehead atoms. The van der Waals surface area contributed by atoms with E-state index in [1.54, 1.807) is 11.8 Å². The van der Waals surface area contributed by atoms with Crippen LogP contribution in [0.5, 0.6) is 5.88 Å². The SMILES string of the molecule is COC[C@@H]1CCc2cc3c(c(NC(=O)N=[S@@](N)(=O)c4cnn5c4O[C@@H](C)C5)c21)CCC3. The Morgan fingerprint density at radius 1 is 1.42 bits per heavy atom. The zero-order valence-corrected chi connectivity index (χ0v) is 18.5. The van der Waals surface area contributed by atoms with Crippen LogP contribution in [0.2, 0.25) is 0 Å². The van der Waals surface area contributed by atoms with E-state index >= 15 is 0 Å². The Morgan fingerprint density at radius 3 is 3.06 bits per heavy atom. The van der Waals surface area contributed by atoms with E-state index < -0.39 is 15.9 Å². The molecule has 1 aliphatic heterocycles. The zero-order chi connectivity index (χ0) is 21.8. The molecule has 3 aliphatic rings. The predicted octanol–water partition coefficient (Wildman–Crippen LogP) is 2.76. The third kappa shape index (κ3) is 3.52. The van der Waals surface area contributed by atoms with Crippen molar-refractivity contribution < 1.29 is 18.5 Å². The maximum absolute atomic E-state index is 13.1. The number of rotatable bonds is 4. The van der Waals surface area contributed by atoms with E-state index in [1.807, 2.05) is 6.92 Å². The molecule has 2 heterocycles. The second kappa shape index (κ2) is 7.61. The van der Waals surface area contributed by atoms with Crippen LogP contribution in [0.15, 0.2) is 21.5 Å². The normalized spacial score (nSPS) is 22.9. The van der Waals surface area contributed by atoms with Gasteiger partial charge in [0.15, 0.2) is 9.92 Å². The number of nitrogens with zero attached hydrogens (tertiary/aromatic N) is 3. The van der Waals surface area contributed by atoms with Crippen LogP contribution in [0.4, 0.5) is 10.5 Å². The van der Waals surface area contributed by atoms with E-state index in [2.05, 4.69) is 20.8 Å². The highest BCUT2D eigenvalue weighted by molar-refractivity contribution is 7.91. The Balaban J connectivity index is 1.50. The quantitative estimate of drug-likeness (QED) is 0.750. The number of nitrogens with two attached hydrogens (primary N) is 1. The molecular weight excluding hydrogens is 418 g/mol. The zero-order valence-electron chi connectivity index (χ0n) is 17.7. The first-order valence-electron chi connectivity index (χ1n) is 10.6. The molecule has 0 fully saturated rings. The maximum Gasteiger partial charge on any atom is 0.354 e. The van der Waals surface area contributed by atoms with Crippen molar-refractivity contribution in [2.24, 2.45) is 9.50 Å². The van der Waals surface area contributed by atoms with E-state index in [-0.39, 0.29) is 16.9 Å². The number of carbonyl (C=O) groups is 1. The molecule has 1 aromatic carbocycles. The lowest BCUT2D eigenvalue weighted by Gasteiger charge is -2.19. The number of carbonyl (C=O) groups excluding carboxylic acids is 1. The number of amides is 2. The molecule has 5 rings (SSSR count). The Hall–Kier alpha value is -2.43. The molecule has 2 amide bonds. The van der Waals surface area contributed by atoms with Crippen LogP contribution in [0.3, 0.4) is 0 Å². The lowest BCUT2D eigenvalue weighted by Crippen LogP contribution is -2.20. The Morgan fingerprint density at radius 2 is 2.26 bits per heavy atom. The van der Waals surface area contributed by atoms with Gasteiger partial charge in [0, 0.05) is 18.7 Å². The molecule has 166 valence electrons. The summed E-state index contributed by atoms with van der Waals surface area (Å²) in [6, 6.07) is 1.56. The Labute approximate surface area is 181 Å². The molecule has 9 nitrogen and oxygen atoms in total. The van der Waals surface area contributed by atoms with Crippen molar-refractivity contribution in [3.63, 3.8) is 0 Å². The first-order valence-corrected chi connectivity index (χ1v) is 12.2. The monoisotopic (exact) mass is 445 g/mol. The molecule has 0 radical (unpaired) electrons. The van der Waals surface area contributed by atoms with Crippen LogP contribution in [0, 0.1) is 0 Å². The van der Waals surface area contributed by atoms with Crippen LogP contribution in [0.25, 0.3) is 0 Å². The summed E-state index contributed by atoms with van der Waals surface area (Å²) in [5.74, 6) is 0.537.